The van der Waals surface area contributed by atoms with Crippen LogP contribution in [-0.4, -0.2) is 28.9 Å². The van der Waals surface area contributed by atoms with Crippen LogP contribution < -0.4 is 0 Å². The van der Waals surface area contributed by atoms with Crippen molar-refractivity contribution in [2.75, 3.05) is 6.61 Å². The molecule has 2 aliphatic heterocycles. The molecule has 1 saturated heterocycles. The molecule has 0 spiro atoms. The molecule has 2 atom stereocenters. The average Bonchev–Trinajstić information content (AvgIpc) is 2.80. The number of rotatable bonds is 4. The summed E-state index contributed by atoms with van der Waals surface area (Å²) < 4.78 is 12.9. The van der Waals surface area contributed by atoms with Crippen LogP contribution in [0.15, 0.2) is 71.6 Å². The van der Waals surface area contributed by atoms with Gasteiger partial charge in [-0.2, -0.15) is 0 Å². The molecule has 0 bridgehead atoms. The van der Waals surface area contributed by atoms with Gasteiger partial charge in [-0.3, -0.25) is 9.69 Å². The summed E-state index contributed by atoms with van der Waals surface area (Å²) in [5, 5.41) is 0. The third-order valence-electron chi connectivity index (χ3n) is 6.01. The molecule has 1 fully saturated rings. The quantitative estimate of drug-likeness (QED) is 0.690. The molecule has 0 radical (unpaired) electrons. The van der Waals surface area contributed by atoms with Crippen molar-refractivity contribution in [3.63, 3.8) is 0 Å². The monoisotopic (exact) mass is 405 g/mol. The minimum atomic E-state index is -1.18. The molecular weight excluding hydrogens is 374 g/mol. The second-order valence-electron chi connectivity index (χ2n) is 9.14. The van der Waals surface area contributed by atoms with E-state index in [1.807, 2.05) is 69.0 Å². The Morgan fingerprint density at radius 2 is 1.97 bits per heavy atom. The number of allylic oxidation sites excluding steroid dienone is 5. The van der Waals surface area contributed by atoms with Gasteiger partial charge in [0.05, 0.1) is 6.61 Å². The van der Waals surface area contributed by atoms with Gasteiger partial charge in [-0.05, 0) is 58.2 Å². The molecule has 0 N–H and O–H groups in total. The van der Waals surface area contributed by atoms with Crippen molar-refractivity contribution in [2.45, 2.75) is 58.9 Å². The second kappa shape index (κ2) is 7.59. The highest BCUT2D eigenvalue weighted by atomic mass is 16.7. The number of amides is 1. The standard InChI is InChI=1S/C26H31NO3/c1-6-29-26-22(17-20-14-8-7-9-15-23(20)30-26)21(24(28)27(26)25(3,4)5)16-19-13-11-10-12-18(19)2/h7-15,20H,6,16-17H2,1-5H3. The molecule has 2 heterocycles. The summed E-state index contributed by atoms with van der Waals surface area (Å²) in [5.74, 6) is -0.235. The van der Waals surface area contributed by atoms with Gasteiger partial charge in [-0.25, -0.2) is 0 Å². The smallest absolute Gasteiger partial charge is 0.322 e. The van der Waals surface area contributed by atoms with E-state index in [9.17, 15) is 4.79 Å². The van der Waals surface area contributed by atoms with Crippen LogP contribution in [0.2, 0.25) is 0 Å². The lowest BCUT2D eigenvalue weighted by Crippen LogP contribution is -2.61. The first-order chi connectivity index (χ1) is 14.3. The number of carbonyl (C=O) groups is 1. The first-order valence-electron chi connectivity index (χ1n) is 10.8. The molecule has 3 aliphatic rings. The minimum Gasteiger partial charge on any atom is -0.444 e. The number of nitrogens with zero attached hydrogens (tertiary/aromatic N) is 1. The largest absolute Gasteiger partial charge is 0.444 e. The van der Waals surface area contributed by atoms with E-state index in [0.29, 0.717) is 19.4 Å². The molecule has 158 valence electrons. The van der Waals surface area contributed by atoms with E-state index in [1.54, 1.807) is 0 Å². The fourth-order valence-electron chi connectivity index (χ4n) is 4.68. The fraction of sp³-hybridized carbons (Fsp3) is 0.423. The Morgan fingerprint density at radius 3 is 2.67 bits per heavy atom. The number of hydrogen-bond acceptors (Lipinski definition) is 3. The fourth-order valence-corrected chi connectivity index (χ4v) is 4.68. The van der Waals surface area contributed by atoms with E-state index in [4.69, 9.17) is 9.47 Å². The maximum atomic E-state index is 13.8. The highest BCUT2D eigenvalue weighted by Crippen LogP contribution is 2.51. The Hall–Kier alpha value is -2.59. The topological polar surface area (TPSA) is 38.8 Å². The number of benzene rings is 1. The van der Waals surface area contributed by atoms with E-state index >= 15 is 0 Å². The highest BCUT2D eigenvalue weighted by molar-refractivity contribution is 5.99. The van der Waals surface area contributed by atoms with Gasteiger partial charge >= 0.3 is 5.91 Å². The summed E-state index contributed by atoms with van der Waals surface area (Å²) in [6.45, 7) is 10.6. The molecule has 4 heteroatoms. The van der Waals surface area contributed by atoms with Crippen LogP contribution in [-0.2, 0) is 20.7 Å². The van der Waals surface area contributed by atoms with E-state index in [0.717, 1.165) is 22.5 Å². The molecule has 30 heavy (non-hydrogen) atoms. The van der Waals surface area contributed by atoms with E-state index < -0.39 is 11.4 Å². The Labute approximate surface area is 179 Å². The molecule has 0 saturated carbocycles. The zero-order chi connectivity index (χ0) is 21.5. The lowest BCUT2D eigenvalue weighted by molar-refractivity contribution is -0.287. The first kappa shape index (κ1) is 20.7. The molecule has 2 unspecified atom stereocenters. The van der Waals surface area contributed by atoms with Crippen LogP contribution in [0.25, 0.3) is 0 Å². The zero-order valence-corrected chi connectivity index (χ0v) is 18.6. The van der Waals surface area contributed by atoms with E-state index in [-0.39, 0.29) is 11.8 Å². The SMILES string of the molecule is CCOC12OC3=CC=CC=CC3CC1=C(Cc1ccccc1C)C(=O)N2C(C)(C)C. The van der Waals surface area contributed by atoms with Gasteiger partial charge in [0.25, 0.3) is 5.91 Å². The van der Waals surface area contributed by atoms with Crippen molar-refractivity contribution in [1.82, 2.24) is 4.90 Å². The molecule has 1 aromatic carbocycles. The maximum Gasteiger partial charge on any atom is 0.322 e. The van der Waals surface area contributed by atoms with E-state index in [1.165, 1.54) is 5.56 Å². The van der Waals surface area contributed by atoms with Crippen molar-refractivity contribution in [2.24, 2.45) is 5.92 Å². The molecule has 4 rings (SSSR count). The Morgan fingerprint density at radius 1 is 1.20 bits per heavy atom. The number of hydrogen-bond donors (Lipinski definition) is 0. The van der Waals surface area contributed by atoms with Crippen LogP contribution in [0.3, 0.4) is 0 Å². The second-order valence-corrected chi connectivity index (χ2v) is 9.14. The first-order valence-corrected chi connectivity index (χ1v) is 10.8. The van der Waals surface area contributed by atoms with Gasteiger partial charge in [0.2, 0.25) is 0 Å². The van der Waals surface area contributed by atoms with E-state index in [2.05, 4.69) is 25.1 Å². The Bertz CT molecular complexity index is 976. The molecule has 0 aromatic heterocycles. The lowest BCUT2D eigenvalue weighted by Gasteiger charge is -2.49. The summed E-state index contributed by atoms with van der Waals surface area (Å²) in [6, 6.07) is 8.25. The number of fused-ring (bicyclic) bond motifs is 2. The van der Waals surface area contributed by atoms with Crippen molar-refractivity contribution in [3.05, 3.63) is 82.7 Å². The van der Waals surface area contributed by atoms with Crippen LogP contribution in [0.1, 0.15) is 45.2 Å². The number of carbonyl (C=O) groups excluding carboxylic acids is 1. The third-order valence-corrected chi connectivity index (χ3v) is 6.01. The molecular formula is C26H31NO3. The van der Waals surface area contributed by atoms with Crippen LogP contribution >= 0.6 is 0 Å². The van der Waals surface area contributed by atoms with Crippen molar-refractivity contribution >= 4 is 5.91 Å². The third kappa shape index (κ3) is 3.33. The normalized spacial score (nSPS) is 25.6. The molecule has 1 aromatic rings. The van der Waals surface area contributed by atoms with Gasteiger partial charge in [-0.1, -0.05) is 48.6 Å². The highest BCUT2D eigenvalue weighted by Gasteiger charge is 2.61. The Kier molecular flexibility index (Phi) is 5.23. The lowest BCUT2D eigenvalue weighted by atomic mass is 9.87. The molecule has 1 aliphatic carbocycles. The van der Waals surface area contributed by atoms with Crippen LogP contribution in [0.5, 0.6) is 0 Å². The summed E-state index contributed by atoms with van der Waals surface area (Å²) in [6.07, 6.45) is 11.5. The van der Waals surface area contributed by atoms with Crippen molar-refractivity contribution < 1.29 is 14.3 Å². The molecule has 1 amide bonds. The van der Waals surface area contributed by atoms with Gasteiger partial charge in [0, 0.05) is 29.0 Å². The van der Waals surface area contributed by atoms with Crippen LogP contribution in [0.4, 0.5) is 0 Å². The maximum absolute atomic E-state index is 13.8. The van der Waals surface area contributed by atoms with Gasteiger partial charge < -0.3 is 9.47 Å². The predicted octanol–water partition coefficient (Wildman–Crippen LogP) is 5.21. The van der Waals surface area contributed by atoms with Gasteiger partial charge in [-0.15, -0.1) is 0 Å². The number of ether oxygens (including phenoxy) is 2. The Balaban J connectivity index is 1.89. The number of aryl methyl sites for hydroxylation is 1. The van der Waals surface area contributed by atoms with Crippen LogP contribution in [0, 0.1) is 12.8 Å². The molecule has 4 nitrogen and oxygen atoms in total. The summed E-state index contributed by atoms with van der Waals surface area (Å²) >= 11 is 0. The minimum absolute atomic E-state index is 0.00536. The summed E-state index contributed by atoms with van der Waals surface area (Å²) in [5.41, 5.74) is 3.65. The van der Waals surface area contributed by atoms with Gasteiger partial charge in [0.1, 0.15) is 5.76 Å². The van der Waals surface area contributed by atoms with Gasteiger partial charge in [0.15, 0.2) is 0 Å². The average molecular weight is 406 g/mol. The zero-order valence-electron chi connectivity index (χ0n) is 18.6. The van der Waals surface area contributed by atoms with Crippen molar-refractivity contribution in [3.8, 4) is 0 Å². The van der Waals surface area contributed by atoms with Crippen molar-refractivity contribution in [1.29, 1.82) is 0 Å². The predicted molar refractivity (Wildman–Crippen MR) is 118 cm³/mol. The summed E-state index contributed by atoms with van der Waals surface area (Å²) in [7, 11) is 0. The summed E-state index contributed by atoms with van der Waals surface area (Å²) in [4.78, 5) is 15.7.